The highest BCUT2D eigenvalue weighted by molar-refractivity contribution is 6.18. The van der Waals surface area contributed by atoms with E-state index in [0.717, 1.165) is 55.3 Å². The van der Waals surface area contributed by atoms with Gasteiger partial charge < -0.3 is 55.7 Å². The highest BCUT2D eigenvalue weighted by Crippen LogP contribution is 2.39. The number of H-pyrrole nitrogens is 1. The zero-order valence-corrected chi connectivity index (χ0v) is 33.3. The van der Waals surface area contributed by atoms with Gasteiger partial charge in [-0.15, -0.1) is 0 Å². The summed E-state index contributed by atoms with van der Waals surface area (Å²) in [7, 11) is 6.78. The van der Waals surface area contributed by atoms with Gasteiger partial charge in [0.2, 0.25) is 5.91 Å². The molecule has 16 nitrogen and oxygen atoms in total. The van der Waals surface area contributed by atoms with E-state index >= 15 is 0 Å². The van der Waals surface area contributed by atoms with E-state index in [2.05, 4.69) is 51.5 Å². The molecule has 58 heavy (non-hydrogen) atoms. The summed E-state index contributed by atoms with van der Waals surface area (Å²) in [5.41, 5.74) is 12.1. The van der Waals surface area contributed by atoms with Crippen molar-refractivity contribution in [3.63, 3.8) is 0 Å². The van der Waals surface area contributed by atoms with Gasteiger partial charge in [0.05, 0.1) is 29.7 Å². The van der Waals surface area contributed by atoms with Gasteiger partial charge in [-0.2, -0.15) is 0 Å². The maximum absolute atomic E-state index is 13.3. The molecule has 2 aromatic carbocycles. The molecule has 4 amide bonds. The third kappa shape index (κ3) is 7.69. The van der Waals surface area contributed by atoms with Crippen LogP contribution in [0.25, 0.3) is 32.6 Å². The first-order chi connectivity index (χ1) is 27.9. The fourth-order valence-corrected chi connectivity index (χ4v) is 7.42. The molecule has 300 valence electrons. The smallest absolute Gasteiger partial charge is 0.272 e. The van der Waals surface area contributed by atoms with E-state index in [4.69, 9.17) is 15.5 Å². The number of benzene rings is 2. The Morgan fingerprint density at radius 3 is 1.95 bits per heavy atom. The summed E-state index contributed by atoms with van der Waals surface area (Å²) < 4.78 is 10.4. The molecule has 0 unspecified atom stereocenters. The minimum atomic E-state index is -0.423. The number of ether oxygens (including phenoxy) is 1. The van der Waals surface area contributed by atoms with Crippen LogP contribution in [0.2, 0.25) is 0 Å². The van der Waals surface area contributed by atoms with E-state index in [9.17, 15) is 19.2 Å². The Morgan fingerprint density at radius 2 is 1.34 bits per heavy atom. The number of nitrogens with two attached hydrogens (primary N) is 1. The number of nitrogens with one attached hydrogen (secondary N) is 6. The molecule has 0 radical (unpaired) electrons. The van der Waals surface area contributed by atoms with Gasteiger partial charge in [0, 0.05) is 93.7 Å². The van der Waals surface area contributed by atoms with Crippen molar-refractivity contribution in [2.75, 3.05) is 48.0 Å². The number of rotatable bonds is 14. The third-order valence-electron chi connectivity index (χ3n) is 10.3. The number of hydrogen-bond acceptors (Lipinski definition) is 8. The van der Waals surface area contributed by atoms with Crippen molar-refractivity contribution in [1.82, 2.24) is 29.0 Å². The Balaban J connectivity index is 0.942. The Hall–Kier alpha value is -7.07. The number of aromatic nitrogens is 5. The predicted octanol–water partition coefficient (Wildman–Crippen LogP) is 5.53. The van der Waals surface area contributed by atoms with Crippen molar-refractivity contribution in [2.45, 2.75) is 26.7 Å². The lowest BCUT2D eigenvalue weighted by atomic mass is 9.96. The normalized spacial score (nSPS) is 11.3. The second-order valence-corrected chi connectivity index (χ2v) is 14.3. The molecule has 16 heteroatoms. The molecule has 7 aromatic rings. The summed E-state index contributed by atoms with van der Waals surface area (Å²) in [5.74, 6) is 0.222. The molecule has 0 fully saturated rings. The summed E-state index contributed by atoms with van der Waals surface area (Å²) in [6, 6.07) is 12.8. The number of hydrogen-bond donors (Lipinski definition) is 7. The summed E-state index contributed by atoms with van der Waals surface area (Å²) in [6.07, 6.45) is 7.54. The van der Waals surface area contributed by atoms with Crippen LogP contribution in [-0.2, 0) is 25.9 Å². The molecule has 5 heterocycles. The zero-order chi connectivity index (χ0) is 41.2. The Labute approximate surface area is 334 Å². The van der Waals surface area contributed by atoms with Crippen LogP contribution in [0.4, 0.5) is 22.9 Å². The lowest BCUT2D eigenvalue weighted by Gasteiger charge is -2.14. The van der Waals surface area contributed by atoms with E-state index in [1.807, 2.05) is 24.4 Å². The second kappa shape index (κ2) is 16.2. The first-order valence-corrected chi connectivity index (χ1v) is 18.9. The number of carbonyl (C=O) groups is 4. The Morgan fingerprint density at radius 1 is 0.741 bits per heavy atom. The average Bonchev–Trinajstić information content (AvgIpc) is 3.96. The van der Waals surface area contributed by atoms with Crippen molar-refractivity contribution in [2.24, 2.45) is 26.9 Å². The number of nitrogens with zero attached hydrogens (tertiary/aromatic N) is 4. The molecule has 7 rings (SSSR count). The van der Waals surface area contributed by atoms with E-state index in [0.29, 0.717) is 48.0 Å². The molecule has 0 saturated heterocycles. The average molecular weight is 786 g/mol. The van der Waals surface area contributed by atoms with Crippen molar-refractivity contribution in [3.05, 3.63) is 95.5 Å². The molecule has 8 N–H and O–H groups in total. The van der Waals surface area contributed by atoms with Gasteiger partial charge in [-0.25, -0.2) is 4.98 Å². The van der Waals surface area contributed by atoms with Gasteiger partial charge in [-0.05, 0) is 79.2 Å². The van der Waals surface area contributed by atoms with Crippen LogP contribution in [-0.4, -0.2) is 74.0 Å². The number of aryl methyl sites for hydroxylation is 5. The van der Waals surface area contributed by atoms with Crippen LogP contribution in [0.3, 0.4) is 0 Å². The third-order valence-corrected chi connectivity index (χ3v) is 10.3. The van der Waals surface area contributed by atoms with Crippen LogP contribution in [0.5, 0.6) is 5.75 Å². The number of pyridine rings is 1. The zero-order valence-electron chi connectivity index (χ0n) is 33.3. The van der Waals surface area contributed by atoms with Crippen molar-refractivity contribution >= 4 is 79.1 Å². The van der Waals surface area contributed by atoms with Crippen LogP contribution >= 0.6 is 0 Å². The summed E-state index contributed by atoms with van der Waals surface area (Å²) in [6.45, 7) is 5.46. The maximum atomic E-state index is 13.3. The summed E-state index contributed by atoms with van der Waals surface area (Å²) in [4.78, 5) is 59.8. The SMILES string of the molecule is COc1ccc2[nH]c3c(C)c4ccnc(NCCCNC(=O)c5cc(NC(=O)c6cc(NC(=O)c7cc(NC(=O)CCN)cn7C)cn6C)cn5C)c4c(C)c3c2c1. The summed E-state index contributed by atoms with van der Waals surface area (Å²) >= 11 is 0. The first-order valence-electron chi connectivity index (χ1n) is 18.9. The van der Waals surface area contributed by atoms with Crippen LogP contribution in [0.15, 0.2) is 67.3 Å². The standard InChI is InChI=1S/C42H47N11O5/c1-23-29-11-15-45-39(37(29)24(2)36-30-19-28(58-6)8-9-31(30)50-38(23)36)44-13-7-14-46-40(55)32-17-26(21-51(32)3)48-42(57)34-18-27(22-53(34)5)49-41(56)33-16-25(20-52(33)4)47-35(54)10-12-43/h8-9,11,15-22,50H,7,10,12-14,43H2,1-6H3,(H,44,45)(H,46,55)(H,47,54)(H,48,57)(H,49,56). The van der Waals surface area contributed by atoms with E-state index in [-0.39, 0.29) is 30.5 Å². The number of amides is 4. The number of methoxy groups -OCH3 is 1. The van der Waals surface area contributed by atoms with Crippen molar-refractivity contribution in [1.29, 1.82) is 0 Å². The fraction of sp³-hybridized carbons (Fsp3) is 0.262. The van der Waals surface area contributed by atoms with Crippen LogP contribution in [0, 0.1) is 13.8 Å². The Bertz CT molecular complexity index is 2730. The maximum Gasteiger partial charge on any atom is 0.272 e. The first kappa shape index (κ1) is 39.2. The van der Waals surface area contributed by atoms with Gasteiger partial charge in [0.15, 0.2) is 0 Å². The topological polar surface area (TPSA) is 207 Å². The fourth-order valence-electron chi connectivity index (χ4n) is 7.42. The van der Waals surface area contributed by atoms with Gasteiger partial charge in [-0.3, -0.25) is 19.2 Å². The van der Waals surface area contributed by atoms with Crippen molar-refractivity contribution < 1.29 is 23.9 Å². The molecule has 5 aromatic heterocycles. The molecule has 0 atom stereocenters. The quantitative estimate of drug-likeness (QED) is 0.0696. The largest absolute Gasteiger partial charge is 0.497 e. The van der Waals surface area contributed by atoms with Crippen LogP contribution in [0.1, 0.15) is 55.4 Å². The van der Waals surface area contributed by atoms with E-state index in [1.54, 1.807) is 78.7 Å². The second-order valence-electron chi connectivity index (χ2n) is 14.3. The lowest BCUT2D eigenvalue weighted by molar-refractivity contribution is -0.116. The van der Waals surface area contributed by atoms with Gasteiger partial charge in [0.25, 0.3) is 17.7 Å². The van der Waals surface area contributed by atoms with E-state index in [1.165, 1.54) is 0 Å². The Kier molecular flexibility index (Phi) is 10.9. The van der Waals surface area contributed by atoms with Crippen LogP contribution < -0.4 is 37.1 Å². The van der Waals surface area contributed by atoms with Gasteiger partial charge >= 0.3 is 0 Å². The number of aromatic amines is 1. The van der Waals surface area contributed by atoms with E-state index < -0.39 is 11.8 Å². The van der Waals surface area contributed by atoms with Crippen molar-refractivity contribution in [3.8, 4) is 5.75 Å². The molecule has 0 saturated carbocycles. The number of carbonyl (C=O) groups excluding carboxylic acids is 4. The molecule has 0 spiro atoms. The molecular weight excluding hydrogens is 739 g/mol. The number of anilines is 4. The minimum absolute atomic E-state index is 0.167. The molecule has 0 bridgehead atoms. The van der Waals surface area contributed by atoms with Gasteiger partial charge in [0.1, 0.15) is 28.6 Å². The highest BCUT2D eigenvalue weighted by atomic mass is 16.5. The molecule has 0 aliphatic rings. The highest BCUT2D eigenvalue weighted by Gasteiger charge is 2.20. The number of fused-ring (bicyclic) bond motifs is 4. The molecule has 0 aliphatic heterocycles. The minimum Gasteiger partial charge on any atom is -0.497 e. The van der Waals surface area contributed by atoms with Gasteiger partial charge in [-0.1, -0.05) is 0 Å². The monoisotopic (exact) mass is 785 g/mol. The summed E-state index contributed by atoms with van der Waals surface area (Å²) in [5, 5.41) is 19.2. The predicted molar refractivity (Wildman–Crippen MR) is 227 cm³/mol. The lowest BCUT2D eigenvalue weighted by Crippen LogP contribution is -2.27. The molecule has 0 aliphatic carbocycles. The molecular formula is C42H47N11O5.